The third kappa shape index (κ3) is 3.41. The van der Waals surface area contributed by atoms with Crippen molar-refractivity contribution in [2.45, 2.75) is 18.2 Å². The first-order chi connectivity index (χ1) is 9.65. The van der Waals surface area contributed by atoms with Gasteiger partial charge in [-0.25, -0.2) is 4.98 Å². The highest BCUT2D eigenvalue weighted by atomic mass is 32.2. The van der Waals surface area contributed by atoms with Gasteiger partial charge in [0.1, 0.15) is 5.69 Å². The van der Waals surface area contributed by atoms with E-state index in [1.807, 2.05) is 13.2 Å². The van der Waals surface area contributed by atoms with Gasteiger partial charge in [0.2, 0.25) is 0 Å². The van der Waals surface area contributed by atoms with Gasteiger partial charge in [0.05, 0.1) is 12.9 Å². The fourth-order valence-corrected chi connectivity index (χ4v) is 3.09. The molecule has 0 aliphatic carbocycles. The SMILES string of the molecule is CSC(CO)C(C)NC(=O)c1csc(-c2ccco2)n1. The number of aromatic nitrogens is 1. The number of nitrogens with zero attached hydrogens (tertiary/aromatic N) is 1. The summed E-state index contributed by atoms with van der Waals surface area (Å²) in [7, 11) is 0. The van der Waals surface area contributed by atoms with Crippen molar-refractivity contribution in [3.8, 4) is 10.8 Å². The molecule has 5 nitrogen and oxygen atoms in total. The van der Waals surface area contributed by atoms with Crippen LogP contribution in [0.3, 0.4) is 0 Å². The molecule has 2 rings (SSSR count). The molecule has 0 spiro atoms. The van der Waals surface area contributed by atoms with Gasteiger partial charge in [-0.15, -0.1) is 11.3 Å². The Morgan fingerprint density at radius 3 is 3.05 bits per heavy atom. The lowest BCUT2D eigenvalue weighted by Crippen LogP contribution is -2.41. The second kappa shape index (κ2) is 6.92. The number of amides is 1. The number of thioether (sulfide) groups is 1. The Kier molecular flexibility index (Phi) is 5.22. The zero-order valence-electron chi connectivity index (χ0n) is 11.2. The van der Waals surface area contributed by atoms with Crippen molar-refractivity contribution in [3.05, 3.63) is 29.5 Å². The van der Waals surface area contributed by atoms with Gasteiger partial charge in [-0.2, -0.15) is 11.8 Å². The van der Waals surface area contributed by atoms with E-state index in [4.69, 9.17) is 4.42 Å². The van der Waals surface area contributed by atoms with Crippen molar-refractivity contribution in [1.29, 1.82) is 0 Å². The van der Waals surface area contributed by atoms with Crippen LogP contribution >= 0.6 is 23.1 Å². The fraction of sp³-hybridized carbons (Fsp3) is 0.385. The van der Waals surface area contributed by atoms with Crippen LogP contribution in [-0.4, -0.2) is 40.2 Å². The summed E-state index contributed by atoms with van der Waals surface area (Å²) in [6.45, 7) is 1.90. The van der Waals surface area contributed by atoms with Crippen LogP contribution < -0.4 is 5.32 Å². The molecule has 2 unspecified atom stereocenters. The number of hydrogen-bond donors (Lipinski definition) is 2. The van der Waals surface area contributed by atoms with Gasteiger partial charge < -0.3 is 14.8 Å². The van der Waals surface area contributed by atoms with E-state index in [2.05, 4.69) is 10.3 Å². The number of nitrogens with one attached hydrogen (secondary N) is 1. The lowest BCUT2D eigenvalue weighted by molar-refractivity contribution is 0.0931. The third-order valence-corrected chi connectivity index (χ3v) is 4.89. The molecule has 2 aromatic rings. The summed E-state index contributed by atoms with van der Waals surface area (Å²) in [6, 6.07) is 3.46. The van der Waals surface area contributed by atoms with Gasteiger partial charge >= 0.3 is 0 Å². The molecule has 0 aliphatic rings. The Hall–Kier alpha value is -1.31. The number of rotatable bonds is 6. The smallest absolute Gasteiger partial charge is 0.271 e. The standard InChI is InChI=1S/C13H16N2O3S2/c1-8(11(6-16)19-2)14-12(17)9-7-20-13(15-9)10-4-3-5-18-10/h3-5,7-8,11,16H,6H2,1-2H3,(H,14,17). The van der Waals surface area contributed by atoms with E-state index in [9.17, 15) is 9.90 Å². The van der Waals surface area contributed by atoms with Crippen LogP contribution in [0.4, 0.5) is 0 Å². The summed E-state index contributed by atoms with van der Waals surface area (Å²) < 4.78 is 5.25. The van der Waals surface area contributed by atoms with Gasteiger partial charge in [-0.3, -0.25) is 4.79 Å². The average Bonchev–Trinajstić information content (AvgIpc) is 3.11. The molecule has 108 valence electrons. The molecular weight excluding hydrogens is 296 g/mol. The highest BCUT2D eigenvalue weighted by Gasteiger charge is 2.20. The number of thiazole rings is 1. The number of furan rings is 1. The summed E-state index contributed by atoms with van der Waals surface area (Å²) in [5.41, 5.74) is 0.367. The van der Waals surface area contributed by atoms with Crippen LogP contribution in [-0.2, 0) is 0 Å². The Labute approximate surface area is 125 Å². The topological polar surface area (TPSA) is 75.4 Å². The molecule has 7 heteroatoms. The van der Waals surface area contributed by atoms with Crippen molar-refractivity contribution < 1.29 is 14.3 Å². The van der Waals surface area contributed by atoms with Crippen molar-refractivity contribution in [3.63, 3.8) is 0 Å². The van der Waals surface area contributed by atoms with Crippen molar-refractivity contribution in [2.24, 2.45) is 0 Å². The van der Waals surface area contributed by atoms with Gasteiger partial charge in [0.25, 0.3) is 5.91 Å². The van der Waals surface area contributed by atoms with E-state index < -0.39 is 0 Å². The fourth-order valence-electron chi connectivity index (χ4n) is 1.70. The molecule has 1 amide bonds. The molecule has 0 bridgehead atoms. The Morgan fingerprint density at radius 2 is 2.45 bits per heavy atom. The largest absolute Gasteiger partial charge is 0.462 e. The third-order valence-electron chi connectivity index (χ3n) is 2.87. The highest BCUT2D eigenvalue weighted by Crippen LogP contribution is 2.24. The minimum atomic E-state index is -0.237. The number of hydrogen-bond acceptors (Lipinski definition) is 6. The number of carbonyl (C=O) groups is 1. The van der Waals surface area contributed by atoms with E-state index >= 15 is 0 Å². The lowest BCUT2D eigenvalue weighted by atomic mass is 10.2. The summed E-state index contributed by atoms with van der Waals surface area (Å²) >= 11 is 2.88. The molecule has 2 heterocycles. The van der Waals surface area contributed by atoms with Crippen LogP contribution in [0.5, 0.6) is 0 Å². The number of aliphatic hydroxyl groups excluding tert-OH is 1. The van der Waals surface area contributed by atoms with Gasteiger partial charge in [0, 0.05) is 16.7 Å². The summed E-state index contributed by atoms with van der Waals surface area (Å²) in [6.07, 6.45) is 3.48. The zero-order valence-corrected chi connectivity index (χ0v) is 12.8. The molecule has 2 aromatic heterocycles. The quantitative estimate of drug-likeness (QED) is 0.855. The molecule has 0 aromatic carbocycles. The van der Waals surface area contributed by atoms with E-state index in [1.54, 1.807) is 23.8 Å². The van der Waals surface area contributed by atoms with Gasteiger partial charge in [-0.05, 0) is 25.3 Å². The molecule has 0 saturated heterocycles. The molecule has 20 heavy (non-hydrogen) atoms. The zero-order chi connectivity index (χ0) is 14.5. The number of aliphatic hydroxyl groups is 1. The average molecular weight is 312 g/mol. The highest BCUT2D eigenvalue weighted by molar-refractivity contribution is 7.99. The van der Waals surface area contributed by atoms with Crippen LogP contribution in [0.2, 0.25) is 0 Å². The second-order valence-electron chi connectivity index (χ2n) is 4.23. The molecule has 2 atom stereocenters. The van der Waals surface area contributed by atoms with Crippen molar-refractivity contribution >= 4 is 29.0 Å². The van der Waals surface area contributed by atoms with E-state index in [-0.39, 0.29) is 23.8 Å². The van der Waals surface area contributed by atoms with Crippen LogP contribution in [0, 0.1) is 0 Å². The first-order valence-electron chi connectivity index (χ1n) is 6.09. The van der Waals surface area contributed by atoms with Crippen molar-refractivity contribution in [1.82, 2.24) is 10.3 Å². The van der Waals surface area contributed by atoms with Gasteiger partial charge in [0.15, 0.2) is 10.8 Å². The maximum absolute atomic E-state index is 12.1. The summed E-state index contributed by atoms with van der Waals surface area (Å²) in [4.78, 5) is 16.3. The maximum atomic E-state index is 12.1. The normalized spacial score (nSPS) is 13.9. The Balaban J connectivity index is 2.03. The second-order valence-corrected chi connectivity index (χ2v) is 6.17. The van der Waals surface area contributed by atoms with E-state index in [1.165, 1.54) is 23.1 Å². The lowest BCUT2D eigenvalue weighted by Gasteiger charge is -2.20. The predicted molar refractivity (Wildman–Crippen MR) is 81.1 cm³/mol. The molecule has 2 N–H and O–H groups in total. The van der Waals surface area contributed by atoms with E-state index in [0.717, 1.165) is 0 Å². The monoisotopic (exact) mass is 312 g/mol. The Morgan fingerprint density at radius 1 is 1.65 bits per heavy atom. The summed E-state index contributed by atoms with van der Waals surface area (Å²) in [5.74, 6) is 0.415. The summed E-state index contributed by atoms with van der Waals surface area (Å²) in [5, 5.41) is 14.4. The van der Waals surface area contributed by atoms with Crippen LogP contribution in [0.15, 0.2) is 28.2 Å². The maximum Gasteiger partial charge on any atom is 0.271 e. The molecule has 0 fully saturated rings. The number of carbonyl (C=O) groups excluding carboxylic acids is 1. The molecular formula is C13H16N2O3S2. The van der Waals surface area contributed by atoms with Crippen molar-refractivity contribution in [2.75, 3.05) is 12.9 Å². The molecule has 0 saturated carbocycles. The predicted octanol–water partition coefficient (Wildman–Crippen LogP) is 2.25. The first kappa shape index (κ1) is 15.1. The van der Waals surface area contributed by atoms with Crippen LogP contribution in [0.25, 0.3) is 10.8 Å². The first-order valence-corrected chi connectivity index (χ1v) is 8.26. The molecule has 0 aliphatic heterocycles. The van der Waals surface area contributed by atoms with Crippen LogP contribution in [0.1, 0.15) is 17.4 Å². The molecule has 0 radical (unpaired) electrons. The Bertz CT molecular complexity index is 550. The minimum Gasteiger partial charge on any atom is -0.462 e. The minimum absolute atomic E-state index is 0.0251. The van der Waals surface area contributed by atoms with E-state index in [0.29, 0.717) is 16.5 Å². The van der Waals surface area contributed by atoms with Gasteiger partial charge in [-0.1, -0.05) is 0 Å².